The largest absolute Gasteiger partial charge is 0.444 e. The van der Waals surface area contributed by atoms with E-state index in [1.165, 1.54) is 12.0 Å². The summed E-state index contributed by atoms with van der Waals surface area (Å²) >= 11 is 0. The smallest absolute Gasteiger partial charge is 0.410 e. The maximum atomic E-state index is 12.7. The van der Waals surface area contributed by atoms with E-state index in [0.29, 0.717) is 13.1 Å². The van der Waals surface area contributed by atoms with Crippen LogP contribution < -0.4 is 10.2 Å². The highest BCUT2D eigenvalue weighted by molar-refractivity contribution is 6.06. The summed E-state index contributed by atoms with van der Waals surface area (Å²) in [5.74, 6) is 0.175. The van der Waals surface area contributed by atoms with E-state index >= 15 is 0 Å². The molecule has 0 atom stereocenters. The van der Waals surface area contributed by atoms with Crippen LogP contribution in [0.1, 0.15) is 58.4 Å². The Morgan fingerprint density at radius 3 is 2.39 bits per heavy atom. The van der Waals surface area contributed by atoms with Crippen molar-refractivity contribution in [3.63, 3.8) is 0 Å². The van der Waals surface area contributed by atoms with Crippen LogP contribution in [0.2, 0.25) is 0 Å². The van der Waals surface area contributed by atoms with Gasteiger partial charge in [-0.3, -0.25) is 4.79 Å². The highest BCUT2D eigenvalue weighted by Crippen LogP contribution is 2.48. The van der Waals surface area contributed by atoms with Gasteiger partial charge >= 0.3 is 6.09 Å². The number of fused-ring (bicyclic) bond motifs is 2. The molecule has 28 heavy (non-hydrogen) atoms. The highest BCUT2D eigenvalue weighted by Gasteiger charge is 2.47. The summed E-state index contributed by atoms with van der Waals surface area (Å²) in [6.07, 6.45) is 5.11. The second-order valence-corrected chi connectivity index (χ2v) is 9.28. The molecule has 1 spiro atoms. The Morgan fingerprint density at radius 2 is 1.75 bits per heavy atom. The summed E-state index contributed by atoms with van der Waals surface area (Å²) in [4.78, 5) is 29.1. The van der Waals surface area contributed by atoms with Gasteiger partial charge in [-0.15, -0.1) is 0 Å². The topological polar surface area (TPSA) is 61.9 Å². The van der Waals surface area contributed by atoms with Crippen molar-refractivity contribution in [3.05, 3.63) is 23.8 Å². The molecule has 0 aromatic heterocycles. The predicted octanol–water partition coefficient (Wildman–Crippen LogP) is 3.90. The van der Waals surface area contributed by atoms with E-state index < -0.39 is 5.60 Å². The zero-order valence-corrected chi connectivity index (χ0v) is 17.2. The minimum Gasteiger partial charge on any atom is -0.444 e. The normalized spacial score (nSPS) is 21.5. The van der Waals surface area contributed by atoms with Gasteiger partial charge in [0.25, 0.3) is 0 Å². The zero-order valence-electron chi connectivity index (χ0n) is 17.2. The van der Waals surface area contributed by atoms with Crippen molar-refractivity contribution in [2.75, 3.05) is 36.4 Å². The van der Waals surface area contributed by atoms with Gasteiger partial charge in [0, 0.05) is 37.6 Å². The van der Waals surface area contributed by atoms with Crippen LogP contribution in [0.15, 0.2) is 18.2 Å². The number of piperazine rings is 1. The van der Waals surface area contributed by atoms with Crippen molar-refractivity contribution < 1.29 is 14.3 Å². The van der Waals surface area contributed by atoms with Gasteiger partial charge in [0.1, 0.15) is 5.60 Å². The molecular formula is C22H31N3O3. The van der Waals surface area contributed by atoms with Gasteiger partial charge in [-0.2, -0.15) is 0 Å². The molecule has 0 radical (unpaired) electrons. The molecule has 1 saturated carbocycles. The van der Waals surface area contributed by atoms with E-state index in [2.05, 4.69) is 22.3 Å². The van der Waals surface area contributed by atoms with Crippen molar-refractivity contribution in [2.24, 2.45) is 0 Å². The average molecular weight is 386 g/mol. The third-order valence-electron chi connectivity index (χ3n) is 6.21. The van der Waals surface area contributed by atoms with E-state index in [4.69, 9.17) is 4.74 Å². The lowest BCUT2D eigenvalue weighted by molar-refractivity contribution is -0.121. The van der Waals surface area contributed by atoms with Crippen LogP contribution in [0.3, 0.4) is 0 Å². The molecule has 3 aliphatic rings. The second kappa shape index (κ2) is 6.98. The summed E-state index contributed by atoms with van der Waals surface area (Å²) in [6.45, 7) is 8.51. The Labute approximate surface area is 167 Å². The molecule has 1 saturated heterocycles. The highest BCUT2D eigenvalue weighted by atomic mass is 16.6. The van der Waals surface area contributed by atoms with Crippen molar-refractivity contribution >= 4 is 23.4 Å². The standard InChI is InChI=1S/C22H31N3O3/c1-21(2,3)28-20(27)25-13-11-24(12-14-25)16-7-8-18-17(15-16)22(19(26)23-18)9-5-4-6-10-22/h7-8,15H,4-6,9-14H2,1-3H3,(H,23,26). The summed E-state index contributed by atoms with van der Waals surface area (Å²) in [5, 5.41) is 3.10. The third kappa shape index (κ3) is 3.45. The number of nitrogens with one attached hydrogen (secondary N) is 1. The maximum absolute atomic E-state index is 12.7. The lowest BCUT2D eigenvalue weighted by Crippen LogP contribution is -2.50. The van der Waals surface area contributed by atoms with E-state index in [1.807, 2.05) is 26.8 Å². The van der Waals surface area contributed by atoms with Crippen LogP contribution >= 0.6 is 0 Å². The first-order valence-corrected chi connectivity index (χ1v) is 10.5. The molecule has 0 bridgehead atoms. The van der Waals surface area contributed by atoms with Crippen molar-refractivity contribution in [1.82, 2.24) is 4.90 Å². The summed E-state index contributed by atoms with van der Waals surface area (Å²) in [6, 6.07) is 6.35. The molecule has 1 aliphatic carbocycles. The van der Waals surface area contributed by atoms with Crippen LogP contribution in [0.25, 0.3) is 0 Å². The molecule has 0 unspecified atom stereocenters. The van der Waals surface area contributed by atoms with Crippen molar-refractivity contribution in [1.29, 1.82) is 0 Å². The quantitative estimate of drug-likeness (QED) is 0.796. The van der Waals surface area contributed by atoms with E-state index in [0.717, 1.165) is 50.1 Å². The van der Waals surface area contributed by atoms with Crippen LogP contribution in [0.5, 0.6) is 0 Å². The number of carbonyl (C=O) groups is 2. The Hall–Kier alpha value is -2.24. The van der Waals surface area contributed by atoms with E-state index in [-0.39, 0.29) is 17.4 Å². The Balaban J connectivity index is 1.47. The maximum Gasteiger partial charge on any atom is 0.410 e. The van der Waals surface area contributed by atoms with Gasteiger partial charge < -0.3 is 19.9 Å². The molecule has 2 heterocycles. The van der Waals surface area contributed by atoms with Gasteiger partial charge in [0.15, 0.2) is 0 Å². The fourth-order valence-corrected chi connectivity index (χ4v) is 4.72. The number of hydrogen-bond acceptors (Lipinski definition) is 4. The third-order valence-corrected chi connectivity index (χ3v) is 6.21. The molecule has 1 N–H and O–H groups in total. The zero-order chi connectivity index (χ0) is 19.9. The first-order chi connectivity index (χ1) is 13.3. The second-order valence-electron chi connectivity index (χ2n) is 9.28. The predicted molar refractivity (Wildman–Crippen MR) is 110 cm³/mol. The molecule has 6 heteroatoms. The Morgan fingerprint density at radius 1 is 1.07 bits per heavy atom. The van der Waals surface area contributed by atoms with E-state index in [1.54, 1.807) is 4.90 Å². The number of rotatable bonds is 1. The molecule has 6 nitrogen and oxygen atoms in total. The van der Waals surface area contributed by atoms with Gasteiger partial charge in [-0.05, 0) is 57.4 Å². The number of hydrogen-bond donors (Lipinski definition) is 1. The molecule has 2 amide bonds. The van der Waals surface area contributed by atoms with Gasteiger partial charge in [-0.1, -0.05) is 19.3 Å². The molecule has 2 aliphatic heterocycles. The fourth-order valence-electron chi connectivity index (χ4n) is 4.72. The molecule has 1 aromatic rings. The number of anilines is 2. The number of ether oxygens (including phenoxy) is 1. The number of amides is 2. The lowest BCUT2D eigenvalue weighted by atomic mass is 9.70. The first kappa shape index (κ1) is 19.1. The van der Waals surface area contributed by atoms with Crippen molar-refractivity contribution in [2.45, 2.75) is 63.9 Å². The molecule has 1 aromatic carbocycles. The molecular weight excluding hydrogens is 354 g/mol. The van der Waals surface area contributed by atoms with Crippen LogP contribution in [-0.2, 0) is 14.9 Å². The van der Waals surface area contributed by atoms with Crippen LogP contribution in [0, 0.1) is 0 Å². The van der Waals surface area contributed by atoms with Gasteiger partial charge in [0.05, 0.1) is 5.41 Å². The molecule has 4 rings (SSSR count). The van der Waals surface area contributed by atoms with Crippen LogP contribution in [-0.4, -0.2) is 48.7 Å². The van der Waals surface area contributed by atoms with Gasteiger partial charge in [0.2, 0.25) is 5.91 Å². The number of nitrogens with zero attached hydrogens (tertiary/aromatic N) is 2. The molecule has 152 valence electrons. The number of benzene rings is 1. The Kier molecular flexibility index (Phi) is 4.76. The Bertz CT molecular complexity index is 770. The first-order valence-electron chi connectivity index (χ1n) is 10.5. The summed E-state index contributed by atoms with van der Waals surface area (Å²) in [7, 11) is 0. The average Bonchev–Trinajstić information content (AvgIpc) is 2.92. The van der Waals surface area contributed by atoms with Crippen molar-refractivity contribution in [3.8, 4) is 0 Å². The molecule has 2 fully saturated rings. The van der Waals surface area contributed by atoms with Crippen LogP contribution in [0.4, 0.5) is 16.2 Å². The minimum atomic E-state index is -0.470. The van der Waals surface area contributed by atoms with E-state index in [9.17, 15) is 9.59 Å². The lowest BCUT2D eigenvalue weighted by Gasteiger charge is -2.37. The summed E-state index contributed by atoms with van der Waals surface area (Å²) < 4.78 is 5.49. The SMILES string of the molecule is CC(C)(C)OC(=O)N1CCN(c2ccc3c(c2)C2(CCCCC2)C(=O)N3)CC1. The minimum absolute atomic E-state index is 0.175. The van der Waals surface area contributed by atoms with Gasteiger partial charge in [-0.25, -0.2) is 4.79 Å². The number of carbonyl (C=O) groups excluding carboxylic acids is 2. The summed E-state index contributed by atoms with van der Waals surface area (Å²) in [5.41, 5.74) is 2.49. The monoisotopic (exact) mass is 385 g/mol. The fraction of sp³-hybridized carbons (Fsp3) is 0.636.